The zero-order valence-electron chi connectivity index (χ0n) is 10.9. The maximum absolute atomic E-state index is 13.7. The summed E-state index contributed by atoms with van der Waals surface area (Å²) in [6, 6.07) is 4.36. The van der Waals surface area contributed by atoms with Gasteiger partial charge in [-0.2, -0.15) is 0 Å². The standard InChI is InChI=1S/C14H13ClFNO2S/c1-2-19-13(18)6-4-10-8-20-14(17-10)11-7-9(15)3-5-12(11)16/h3,5,7-8H,2,4,6H2,1H3. The molecule has 0 saturated carbocycles. The van der Waals surface area contributed by atoms with Gasteiger partial charge < -0.3 is 4.74 Å². The van der Waals surface area contributed by atoms with E-state index in [0.717, 1.165) is 5.69 Å². The van der Waals surface area contributed by atoms with Crippen LogP contribution in [0.1, 0.15) is 19.0 Å². The molecule has 0 aliphatic carbocycles. The van der Waals surface area contributed by atoms with Gasteiger partial charge in [0.2, 0.25) is 0 Å². The van der Waals surface area contributed by atoms with E-state index in [9.17, 15) is 9.18 Å². The van der Waals surface area contributed by atoms with E-state index in [0.29, 0.717) is 28.6 Å². The molecule has 2 rings (SSSR count). The second-order valence-corrected chi connectivity index (χ2v) is 5.37. The van der Waals surface area contributed by atoms with E-state index >= 15 is 0 Å². The van der Waals surface area contributed by atoms with Crippen LogP contribution in [0.15, 0.2) is 23.6 Å². The molecule has 1 aromatic carbocycles. The van der Waals surface area contributed by atoms with Gasteiger partial charge in [0.25, 0.3) is 0 Å². The van der Waals surface area contributed by atoms with Crippen LogP contribution >= 0.6 is 22.9 Å². The first-order valence-electron chi connectivity index (χ1n) is 6.15. The average molecular weight is 314 g/mol. The number of rotatable bonds is 5. The second kappa shape index (κ2) is 6.81. The lowest BCUT2D eigenvalue weighted by molar-refractivity contribution is -0.143. The number of thiazole rings is 1. The van der Waals surface area contributed by atoms with Crippen LogP contribution in [0.3, 0.4) is 0 Å². The molecule has 0 spiro atoms. The number of carbonyl (C=O) groups excluding carboxylic acids is 1. The Balaban J connectivity index is 2.09. The monoisotopic (exact) mass is 313 g/mol. The van der Waals surface area contributed by atoms with E-state index in [4.69, 9.17) is 16.3 Å². The van der Waals surface area contributed by atoms with E-state index in [1.807, 2.05) is 5.38 Å². The van der Waals surface area contributed by atoms with Crippen molar-refractivity contribution in [1.82, 2.24) is 4.98 Å². The van der Waals surface area contributed by atoms with Crippen LogP contribution in [0.2, 0.25) is 5.02 Å². The minimum absolute atomic E-state index is 0.254. The predicted octanol–water partition coefficient (Wildman–Crippen LogP) is 4.10. The Morgan fingerprint density at radius 1 is 1.50 bits per heavy atom. The summed E-state index contributed by atoms with van der Waals surface area (Å²) in [7, 11) is 0. The summed E-state index contributed by atoms with van der Waals surface area (Å²) in [6.45, 7) is 2.13. The zero-order valence-corrected chi connectivity index (χ0v) is 12.4. The van der Waals surface area contributed by atoms with Gasteiger partial charge in [-0.3, -0.25) is 4.79 Å². The largest absolute Gasteiger partial charge is 0.466 e. The van der Waals surface area contributed by atoms with Crippen molar-refractivity contribution in [1.29, 1.82) is 0 Å². The molecule has 0 amide bonds. The molecule has 0 bridgehead atoms. The fraction of sp³-hybridized carbons (Fsp3) is 0.286. The molecule has 3 nitrogen and oxygen atoms in total. The van der Waals surface area contributed by atoms with Gasteiger partial charge in [0.15, 0.2) is 0 Å². The van der Waals surface area contributed by atoms with Crippen molar-refractivity contribution in [2.45, 2.75) is 19.8 Å². The van der Waals surface area contributed by atoms with Gasteiger partial charge in [0, 0.05) is 22.4 Å². The summed E-state index contributed by atoms with van der Waals surface area (Å²) in [5, 5.41) is 2.84. The smallest absolute Gasteiger partial charge is 0.306 e. The maximum atomic E-state index is 13.7. The van der Waals surface area contributed by atoms with Crippen LogP contribution in [-0.2, 0) is 16.0 Å². The van der Waals surface area contributed by atoms with Gasteiger partial charge in [0.05, 0.1) is 18.7 Å². The fourth-order valence-electron chi connectivity index (χ4n) is 1.67. The van der Waals surface area contributed by atoms with Crippen molar-refractivity contribution >= 4 is 28.9 Å². The number of hydrogen-bond donors (Lipinski definition) is 0. The molecule has 20 heavy (non-hydrogen) atoms. The van der Waals surface area contributed by atoms with Crippen molar-refractivity contribution in [3.63, 3.8) is 0 Å². The molecule has 106 valence electrons. The molecule has 1 aromatic heterocycles. The molecule has 0 aliphatic rings. The molecule has 1 heterocycles. The highest BCUT2D eigenvalue weighted by atomic mass is 35.5. The molecule has 0 atom stereocenters. The lowest BCUT2D eigenvalue weighted by atomic mass is 10.2. The summed E-state index contributed by atoms with van der Waals surface area (Å²) in [6.07, 6.45) is 0.757. The first-order chi connectivity index (χ1) is 9.60. The highest BCUT2D eigenvalue weighted by molar-refractivity contribution is 7.13. The summed E-state index contributed by atoms with van der Waals surface area (Å²) >= 11 is 7.19. The molecular weight excluding hydrogens is 301 g/mol. The Morgan fingerprint density at radius 3 is 3.05 bits per heavy atom. The molecular formula is C14H13ClFNO2S. The third kappa shape index (κ3) is 3.77. The van der Waals surface area contributed by atoms with Crippen LogP contribution in [0.25, 0.3) is 10.6 Å². The van der Waals surface area contributed by atoms with Crippen LogP contribution < -0.4 is 0 Å². The lowest BCUT2D eigenvalue weighted by Gasteiger charge is -2.00. The number of halogens is 2. The molecule has 6 heteroatoms. The van der Waals surface area contributed by atoms with Crippen LogP contribution in [0, 0.1) is 5.82 Å². The minimum atomic E-state index is -0.360. The zero-order chi connectivity index (χ0) is 14.5. The summed E-state index contributed by atoms with van der Waals surface area (Å²) in [4.78, 5) is 15.6. The van der Waals surface area contributed by atoms with E-state index in [1.54, 1.807) is 13.0 Å². The average Bonchev–Trinajstić information content (AvgIpc) is 2.88. The first-order valence-corrected chi connectivity index (χ1v) is 7.41. The van der Waals surface area contributed by atoms with Crippen molar-refractivity contribution in [3.05, 3.63) is 40.1 Å². The highest BCUT2D eigenvalue weighted by Crippen LogP contribution is 2.29. The number of esters is 1. The SMILES string of the molecule is CCOC(=O)CCc1csc(-c2cc(Cl)ccc2F)n1. The first kappa shape index (κ1) is 14.9. The van der Waals surface area contributed by atoms with Crippen LogP contribution in [0.4, 0.5) is 4.39 Å². The topological polar surface area (TPSA) is 39.2 Å². The van der Waals surface area contributed by atoms with Gasteiger partial charge in [-0.15, -0.1) is 11.3 Å². The van der Waals surface area contributed by atoms with Crippen LogP contribution in [-0.4, -0.2) is 17.6 Å². The van der Waals surface area contributed by atoms with Gasteiger partial charge in [-0.25, -0.2) is 9.37 Å². The van der Waals surface area contributed by atoms with Crippen molar-refractivity contribution in [3.8, 4) is 10.6 Å². The minimum Gasteiger partial charge on any atom is -0.466 e. The van der Waals surface area contributed by atoms with E-state index < -0.39 is 0 Å². The number of benzene rings is 1. The quantitative estimate of drug-likeness (QED) is 0.780. The maximum Gasteiger partial charge on any atom is 0.306 e. The molecule has 0 aliphatic heterocycles. The van der Waals surface area contributed by atoms with E-state index in [1.165, 1.54) is 23.5 Å². The number of aromatic nitrogens is 1. The Labute approximate surface area is 125 Å². The van der Waals surface area contributed by atoms with Gasteiger partial charge in [-0.05, 0) is 25.1 Å². The summed E-state index contributed by atoms with van der Waals surface area (Å²) in [5.41, 5.74) is 1.13. The Bertz CT molecular complexity index is 615. The lowest BCUT2D eigenvalue weighted by Crippen LogP contribution is -2.05. The Kier molecular flexibility index (Phi) is 5.09. The number of ether oxygens (including phenoxy) is 1. The third-order valence-electron chi connectivity index (χ3n) is 2.60. The third-order valence-corrected chi connectivity index (χ3v) is 3.76. The van der Waals surface area contributed by atoms with E-state index in [2.05, 4.69) is 4.98 Å². The fourth-order valence-corrected chi connectivity index (χ4v) is 2.71. The number of hydrogen-bond acceptors (Lipinski definition) is 4. The van der Waals surface area contributed by atoms with Crippen molar-refractivity contribution < 1.29 is 13.9 Å². The molecule has 0 radical (unpaired) electrons. The molecule has 2 aromatic rings. The van der Waals surface area contributed by atoms with Crippen molar-refractivity contribution in [2.24, 2.45) is 0 Å². The normalized spacial score (nSPS) is 10.6. The summed E-state index contributed by atoms with van der Waals surface area (Å²) in [5.74, 6) is -0.614. The second-order valence-electron chi connectivity index (χ2n) is 4.07. The summed E-state index contributed by atoms with van der Waals surface area (Å²) < 4.78 is 18.6. The van der Waals surface area contributed by atoms with Gasteiger partial charge in [-0.1, -0.05) is 11.6 Å². The van der Waals surface area contributed by atoms with Gasteiger partial charge >= 0.3 is 5.97 Å². The molecule has 0 N–H and O–H groups in total. The highest BCUT2D eigenvalue weighted by Gasteiger charge is 2.11. The molecule has 0 unspecified atom stereocenters. The van der Waals surface area contributed by atoms with Gasteiger partial charge in [0.1, 0.15) is 10.8 Å². The number of carbonyl (C=O) groups is 1. The predicted molar refractivity (Wildman–Crippen MR) is 77.5 cm³/mol. The Morgan fingerprint density at radius 2 is 2.30 bits per heavy atom. The number of nitrogens with zero attached hydrogens (tertiary/aromatic N) is 1. The number of aryl methyl sites for hydroxylation is 1. The molecule has 0 saturated heterocycles. The molecule has 0 fully saturated rings. The Hall–Kier alpha value is -1.46. The van der Waals surface area contributed by atoms with Crippen molar-refractivity contribution in [2.75, 3.05) is 6.61 Å². The van der Waals surface area contributed by atoms with E-state index in [-0.39, 0.29) is 18.2 Å². The van der Waals surface area contributed by atoms with Crippen LogP contribution in [0.5, 0.6) is 0 Å².